The van der Waals surface area contributed by atoms with Crippen LogP contribution in [-0.2, 0) is 14.3 Å². The second-order valence-corrected chi connectivity index (χ2v) is 4.19. The Hall–Kier alpha value is -2.02. The molecule has 102 valence electrons. The lowest BCUT2D eigenvalue weighted by atomic mass is 10.2. The monoisotopic (exact) mass is 270 g/mol. The van der Waals surface area contributed by atoms with Gasteiger partial charge in [0, 0.05) is 18.2 Å². The number of hydrogen-bond acceptors (Lipinski definition) is 4. The molecule has 2 atom stereocenters. The minimum Gasteiger partial charge on any atom is -0.467 e. The number of nitrogens with zero attached hydrogens (tertiary/aromatic N) is 1. The van der Waals surface area contributed by atoms with Crippen LogP contribution in [0.5, 0.6) is 0 Å². The van der Waals surface area contributed by atoms with Gasteiger partial charge in [0.25, 0.3) is 0 Å². The maximum atomic E-state index is 13.2. The topological polar surface area (TPSA) is 72.6 Å². The third-order valence-corrected chi connectivity index (χ3v) is 3.00. The van der Waals surface area contributed by atoms with Gasteiger partial charge in [-0.15, -0.1) is 0 Å². The molecular formula is C12H12F2N2O3. The summed E-state index contributed by atoms with van der Waals surface area (Å²) in [5.41, 5.74) is 5.67. The standard InChI is InChI=1S/C12H12F2N2O3/c1-19-12(18)10-5-9(15)11(17)16(10)6-2-3-7(13)8(14)4-6/h2-4,9-10H,5,15H2,1H3/t9-,10-/m0/s1. The summed E-state index contributed by atoms with van der Waals surface area (Å²) in [6.07, 6.45) is 0.0739. The van der Waals surface area contributed by atoms with Crippen molar-refractivity contribution in [2.45, 2.75) is 18.5 Å². The number of nitrogens with two attached hydrogens (primary N) is 1. The lowest BCUT2D eigenvalue weighted by Gasteiger charge is -2.22. The molecule has 0 spiro atoms. The summed E-state index contributed by atoms with van der Waals surface area (Å²) in [4.78, 5) is 24.6. The Kier molecular flexibility index (Phi) is 3.48. The van der Waals surface area contributed by atoms with E-state index < -0.39 is 35.6 Å². The smallest absolute Gasteiger partial charge is 0.329 e. The fourth-order valence-electron chi connectivity index (χ4n) is 2.06. The van der Waals surface area contributed by atoms with Gasteiger partial charge in [-0.25, -0.2) is 13.6 Å². The molecule has 1 aromatic rings. The van der Waals surface area contributed by atoms with E-state index >= 15 is 0 Å². The van der Waals surface area contributed by atoms with E-state index in [0.29, 0.717) is 0 Å². The molecule has 1 aliphatic rings. The lowest BCUT2D eigenvalue weighted by molar-refractivity contribution is -0.142. The van der Waals surface area contributed by atoms with Gasteiger partial charge in [-0.2, -0.15) is 0 Å². The van der Waals surface area contributed by atoms with E-state index in [1.54, 1.807) is 0 Å². The number of rotatable bonds is 2. The normalized spacial score (nSPS) is 22.7. The van der Waals surface area contributed by atoms with E-state index in [9.17, 15) is 18.4 Å². The number of benzene rings is 1. The third-order valence-electron chi connectivity index (χ3n) is 3.00. The third kappa shape index (κ3) is 2.28. The van der Waals surface area contributed by atoms with Gasteiger partial charge in [-0.3, -0.25) is 9.69 Å². The molecule has 0 aliphatic carbocycles. The second kappa shape index (κ2) is 4.93. The first-order valence-electron chi connectivity index (χ1n) is 5.57. The molecule has 0 bridgehead atoms. The number of carbonyl (C=O) groups is 2. The van der Waals surface area contributed by atoms with Crippen LogP contribution in [0.1, 0.15) is 6.42 Å². The summed E-state index contributed by atoms with van der Waals surface area (Å²) in [5, 5.41) is 0. The van der Waals surface area contributed by atoms with Crippen LogP contribution in [0.25, 0.3) is 0 Å². The van der Waals surface area contributed by atoms with Crippen molar-refractivity contribution in [3.63, 3.8) is 0 Å². The zero-order valence-electron chi connectivity index (χ0n) is 10.1. The van der Waals surface area contributed by atoms with Gasteiger partial charge in [0.15, 0.2) is 11.6 Å². The molecule has 0 unspecified atom stereocenters. The Bertz CT molecular complexity index is 536. The SMILES string of the molecule is COC(=O)[C@@H]1C[C@H](N)C(=O)N1c1ccc(F)c(F)c1. The van der Waals surface area contributed by atoms with E-state index in [1.807, 2.05) is 0 Å². The van der Waals surface area contributed by atoms with Crippen LogP contribution in [0.3, 0.4) is 0 Å². The number of ether oxygens (including phenoxy) is 1. The van der Waals surface area contributed by atoms with Crippen LogP contribution < -0.4 is 10.6 Å². The summed E-state index contributed by atoms with van der Waals surface area (Å²) in [5.74, 6) is -3.31. The molecule has 2 N–H and O–H groups in total. The molecule has 2 rings (SSSR count). The van der Waals surface area contributed by atoms with Crippen molar-refractivity contribution in [2.75, 3.05) is 12.0 Å². The summed E-state index contributed by atoms with van der Waals surface area (Å²) in [6, 6.07) is 1.16. The van der Waals surface area contributed by atoms with Gasteiger partial charge in [0.05, 0.1) is 13.2 Å². The molecular weight excluding hydrogens is 258 g/mol. The average molecular weight is 270 g/mol. The van der Waals surface area contributed by atoms with Gasteiger partial charge in [-0.05, 0) is 12.1 Å². The van der Waals surface area contributed by atoms with Gasteiger partial charge in [0.2, 0.25) is 5.91 Å². The van der Waals surface area contributed by atoms with Crippen molar-refractivity contribution < 1.29 is 23.1 Å². The molecule has 19 heavy (non-hydrogen) atoms. The quantitative estimate of drug-likeness (QED) is 0.797. The van der Waals surface area contributed by atoms with E-state index in [1.165, 1.54) is 13.2 Å². The minimum absolute atomic E-state index is 0.0739. The molecule has 1 fully saturated rings. The van der Waals surface area contributed by atoms with E-state index in [-0.39, 0.29) is 12.1 Å². The number of amides is 1. The maximum absolute atomic E-state index is 13.2. The van der Waals surface area contributed by atoms with Gasteiger partial charge in [0.1, 0.15) is 6.04 Å². The lowest BCUT2D eigenvalue weighted by Crippen LogP contribution is -2.40. The highest BCUT2D eigenvalue weighted by Crippen LogP contribution is 2.28. The van der Waals surface area contributed by atoms with Crippen molar-refractivity contribution in [3.05, 3.63) is 29.8 Å². The number of esters is 1. The predicted octanol–water partition coefficient (Wildman–Crippen LogP) is 0.570. The molecule has 7 heteroatoms. The maximum Gasteiger partial charge on any atom is 0.329 e. The Morgan fingerprint density at radius 3 is 2.68 bits per heavy atom. The van der Waals surface area contributed by atoms with Crippen molar-refractivity contribution in [3.8, 4) is 0 Å². The molecule has 0 aromatic heterocycles. The Balaban J connectivity index is 2.41. The fourth-order valence-corrected chi connectivity index (χ4v) is 2.06. The Morgan fingerprint density at radius 1 is 1.42 bits per heavy atom. The molecule has 1 aliphatic heterocycles. The molecule has 1 amide bonds. The molecule has 1 saturated heterocycles. The van der Waals surface area contributed by atoms with Crippen LogP contribution in [0.15, 0.2) is 18.2 Å². The fraction of sp³-hybridized carbons (Fsp3) is 0.333. The number of halogens is 2. The molecule has 0 radical (unpaired) electrons. The highest BCUT2D eigenvalue weighted by Gasteiger charge is 2.43. The van der Waals surface area contributed by atoms with Crippen LogP contribution in [-0.4, -0.2) is 31.1 Å². The van der Waals surface area contributed by atoms with Crippen LogP contribution in [0, 0.1) is 11.6 Å². The Labute approximate surface area is 107 Å². The van der Waals surface area contributed by atoms with Crippen LogP contribution >= 0.6 is 0 Å². The van der Waals surface area contributed by atoms with Crippen molar-refractivity contribution in [2.24, 2.45) is 5.73 Å². The largest absolute Gasteiger partial charge is 0.467 e. The summed E-state index contributed by atoms with van der Waals surface area (Å²) in [6.45, 7) is 0. The highest BCUT2D eigenvalue weighted by atomic mass is 19.2. The zero-order chi connectivity index (χ0) is 14.2. The highest BCUT2D eigenvalue weighted by molar-refractivity contribution is 6.05. The second-order valence-electron chi connectivity index (χ2n) is 4.19. The summed E-state index contributed by atoms with van der Waals surface area (Å²) in [7, 11) is 1.18. The minimum atomic E-state index is -1.10. The van der Waals surface area contributed by atoms with Gasteiger partial charge >= 0.3 is 5.97 Å². The molecule has 5 nitrogen and oxygen atoms in total. The number of hydrogen-bond donors (Lipinski definition) is 1. The van der Waals surface area contributed by atoms with Gasteiger partial charge < -0.3 is 10.5 Å². The van der Waals surface area contributed by atoms with Crippen molar-refractivity contribution in [1.29, 1.82) is 0 Å². The van der Waals surface area contributed by atoms with Crippen molar-refractivity contribution >= 4 is 17.6 Å². The van der Waals surface area contributed by atoms with E-state index in [0.717, 1.165) is 17.0 Å². The molecule has 1 aromatic carbocycles. The number of anilines is 1. The summed E-state index contributed by atoms with van der Waals surface area (Å²) < 4.78 is 30.7. The first-order chi connectivity index (χ1) is 8.95. The first-order valence-corrected chi connectivity index (χ1v) is 5.57. The predicted molar refractivity (Wildman–Crippen MR) is 62.2 cm³/mol. The van der Waals surface area contributed by atoms with E-state index in [2.05, 4.69) is 4.74 Å². The van der Waals surface area contributed by atoms with Crippen LogP contribution in [0.4, 0.5) is 14.5 Å². The molecule has 0 saturated carbocycles. The number of methoxy groups -OCH3 is 1. The molecule has 1 heterocycles. The van der Waals surface area contributed by atoms with Gasteiger partial charge in [-0.1, -0.05) is 0 Å². The Morgan fingerprint density at radius 2 is 2.11 bits per heavy atom. The van der Waals surface area contributed by atoms with Crippen molar-refractivity contribution in [1.82, 2.24) is 0 Å². The zero-order valence-corrected chi connectivity index (χ0v) is 10.1. The van der Waals surface area contributed by atoms with Crippen LogP contribution in [0.2, 0.25) is 0 Å². The van der Waals surface area contributed by atoms with E-state index in [4.69, 9.17) is 5.73 Å². The first kappa shape index (κ1) is 13.4. The summed E-state index contributed by atoms with van der Waals surface area (Å²) >= 11 is 0. The average Bonchev–Trinajstić information content (AvgIpc) is 2.68. The number of carbonyl (C=O) groups excluding carboxylic acids is 2.